The van der Waals surface area contributed by atoms with E-state index in [0.717, 1.165) is 18.5 Å². The first kappa shape index (κ1) is 13.4. The lowest BCUT2D eigenvalue weighted by Crippen LogP contribution is -2.41. The SMILES string of the molecule is CC1CCCC1(CNC1CC1)c1cccc(Cl)c1F. The molecule has 0 amide bonds. The molecule has 104 valence electrons. The van der Waals surface area contributed by atoms with E-state index in [1.165, 1.54) is 25.7 Å². The van der Waals surface area contributed by atoms with Gasteiger partial charge in [0.05, 0.1) is 5.02 Å². The molecule has 3 heteroatoms. The zero-order valence-electron chi connectivity index (χ0n) is 11.4. The van der Waals surface area contributed by atoms with Gasteiger partial charge in [-0.3, -0.25) is 0 Å². The maximum atomic E-state index is 14.5. The number of hydrogen-bond donors (Lipinski definition) is 1. The molecule has 2 aliphatic rings. The Balaban J connectivity index is 1.95. The molecule has 1 N–H and O–H groups in total. The molecular weight excluding hydrogens is 261 g/mol. The predicted octanol–water partition coefficient (Wildman–Crippen LogP) is 4.29. The third-order valence-corrected chi connectivity index (χ3v) is 5.27. The Labute approximate surface area is 119 Å². The van der Waals surface area contributed by atoms with Crippen LogP contribution in [0.15, 0.2) is 18.2 Å². The summed E-state index contributed by atoms with van der Waals surface area (Å²) in [6, 6.07) is 6.11. The Hall–Kier alpha value is -0.600. The van der Waals surface area contributed by atoms with Crippen molar-refractivity contribution in [3.8, 4) is 0 Å². The quantitative estimate of drug-likeness (QED) is 0.868. The summed E-state index contributed by atoms with van der Waals surface area (Å²) >= 11 is 5.98. The van der Waals surface area contributed by atoms with Gasteiger partial charge < -0.3 is 5.32 Å². The van der Waals surface area contributed by atoms with Crippen LogP contribution in [0.2, 0.25) is 5.02 Å². The monoisotopic (exact) mass is 281 g/mol. The van der Waals surface area contributed by atoms with Crippen molar-refractivity contribution >= 4 is 11.6 Å². The fourth-order valence-electron chi connectivity index (χ4n) is 3.51. The molecule has 0 bridgehead atoms. The van der Waals surface area contributed by atoms with E-state index in [1.54, 1.807) is 6.07 Å². The fourth-order valence-corrected chi connectivity index (χ4v) is 3.68. The van der Waals surface area contributed by atoms with Gasteiger partial charge >= 0.3 is 0 Å². The average Bonchev–Trinajstić information content (AvgIpc) is 3.15. The Morgan fingerprint density at radius 3 is 2.79 bits per heavy atom. The van der Waals surface area contributed by atoms with Crippen molar-refractivity contribution in [3.05, 3.63) is 34.6 Å². The summed E-state index contributed by atoms with van der Waals surface area (Å²) in [5, 5.41) is 3.86. The normalized spacial score (nSPS) is 30.8. The van der Waals surface area contributed by atoms with E-state index in [-0.39, 0.29) is 16.3 Å². The lowest BCUT2D eigenvalue weighted by molar-refractivity contribution is 0.305. The molecule has 19 heavy (non-hydrogen) atoms. The van der Waals surface area contributed by atoms with Gasteiger partial charge in [0, 0.05) is 18.0 Å². The Kier molecular flexibility index (Phi) is 3.57. The lowest BCUT2D eigenvalue weighted by Gasteiger charge is -2.35. The highest BCUT2D eigenvalue weighted by Gasteiger charge is 2.44. The molecule has 2 unspecified atom stereocenters. The number of benzene rings is 1. The minimum Gasteiger partial charge on any atom is -0.313 e. The maximum Gasteiger partial charge on any atom is 0.145 e. The van der Waals surface area contributed by atoms with Gasteiger partial charge in [0.15, 0.2) is 0 Å². The van der Waals surface area contributed by atoms with Gasteiger partial charge in [-0.05, 0) is 43.2 Å². The second kappa shape index (κ2) is 5.06. The summed E-state index contributed by atoms with van der Waals surface area (Å²) in [6.07, 6.45) is 5.95. The van der Waals surface area contributed by atoms with Crippen molar-refractivity contribution in [2.24, 2.45) is 5.92 Å². The summed E-state index contributed by atoms with van der Waals surface area (Å²) in [4.78, 5) is 0. The number of nitrogens with one attached hydrogen (secondary N) is 1. The molecule has 0 spiro atoms. The largest absolute Gasteiger partial charge is 0.313 e. The third-order valence-electron chi connectivity index (χ3n) is 4.97. The maximum absolute atomic E-state index is 14.5. The van der Waals surface area contributed by atoms with Crippen molar-refractivity contribution in [1.82, 2.24) is 5.32 Å². The van der Waals surface area contributed by atoms with Crippen LogP contribution in [0.3, 0.4) is 0 Å². The van der Waals surface area contributed by atoms with Crippen LogP contribution in [-0.2, 0) is 5.41 Å². The summed E-state index contributed by atoms with van der Waals surface area (Å²) in [7, 11) is 0. The number of rotatable bonds is 4. The highest BCUT2D eigenvalue weighted by molar-refractivity contribution is 6.30. The second-order valence-corrected chi connectivity index (χ2v) is 6.61. The zero-order chi connectivity index (χ0) is 13.5. The highest BCUT2D eigenvalue weighted by atomic mass is 35.5. The molecule has 3 rings (SSSR count). The Morgan fingerprint density at radius 2 is 2.16 bits per heavy atom. The molecule has 2 saturated carbocycles. The van der Waals surface area contributed by atoms with E-state index in [4.69, 9.17) is 11.6 Å². The van der Waals surface area contributed by atoms with Crippen LogP contribution in [-0.4, -0.2) is 12.6 Å². The van der Waals surface area contributed by atoms with Crippen LogP contribution in [0.25, 0.3) is 0 Å². The topological polar surface area (TPSA) is 12.0 Å². The van der Waals surface area contributed by atoms with Gasteiger partial charge in [0.25, 0.3) is 0 Å². The van der Waals surface area contributed by atoms with Gasteiger partial charge in [-0.15, -0.1) is 0 Å². The molecular formula is C16H21ClFN. The lowest BCUT2D eigenvalue weighted by atomic mass is 9.72. The molecule has 0 aromatic heterocycles. The smallest absolute Gasteiger partial charge is 0.145 e. The van der Waals surface area contributed by atoms with E-state index in [1.807, 2.05) is 12.1 Å². The van der Waals surface area contributed by atoms with E-state index in [2.05, 4.69) is 12.2 Å². The summed E-state index contributed by atoms with van der Waals surface area (Å²) in [6.45, 7) is 3.14. The summed E-state index contributed by atoms with van der Waals surface area (Å²) in [5.41, 5.74) is 0.746. The van der Waals surface area contributed by atoms with Gasteiger partial charge in [-0.2, -0.15) is 0 Å². The van der Waals surface area contributed by atoms with Gasteiger partial charge in [0.2, 0.25) is 0 Å². The molecule has 0 saturated heterocycles. The van der Waals surface area contributed by atoms with Crippen LogP contribution >= 0.6 is 11.6 Å². The van der Waals surface area contributed by atoms with Gasteiger partial charge in [0.1, 0.15) is 5.82 Å². The first-order valence-corrected chi connectivity index (χ1v) is 7.69. The standard InChI is InChI=1S/C16H21ClFN/c1-11-4-3-9-16(11,10-19-12-7-8-12)13-5-2-6-14(17)15(13)18/h2,5-6,11-12,19H,3-4,7-10H2,1H3. The number of hydrogen-bond acceptors (Lipinski definition) is 1. The first-order valence-electron chi connectivity index (χ1n) is 7.31. The molecule has 0 heterocycles. The molecule has 1 nitrogen and oxygen atoms in total. The molecule has 1 aromatic rings. The minimum absolute atomic E-state index is 0.0719. The van der Waals surface area contributed by atoms with Crippen LogP contribution < -0.4 is 5.32 Å². The van der Waals surface area contributed by atoms with Crippen LogP contribution in [0.5, 0.6) is 0 Å². The fraction of sp³-hybridized carbons (Fsp3) is 0.625. The van der Waals surface area contributed by atoms with Crippen LogP contribution in [0.4, 0.5) is 4.39 Å². The molecule has 2 aliphatic carbocycles. The Morgan fingerprint density at radius 1 is 1.37 bits per heavy atom. The molecule has 2 atom stereocenters. The Bertz CT molecular complexity index is 472. The second-order valence-electron chi connectivity index (χ2n) is 6.21. The third kappa shape index (κ3) is 2.41. The average molecular weight is 282 g/mol. The molecule has 0 radical (unpaired) electrons. The van der Waals surface area contributed by atoms with E-state index in [9.17, 15) is 4.39 Å². The van der Waals surface area contributed by atoms with Gasteiger partial charge in [-0.1, -0.05) is 37.1 Å². The van der Waals surface area contributed by atoms with E-state index >= 15 is 0 Å². The van der Waals surface area contributed by atoms with Crippen molar-refractivity contribution < 1.29 is 4.39 Å². The number of halogens is 2. The van der Waals surface area contributed by atoms with Crippen LogP contribution in [0.1, 0.15) is 44.6 Å². The molecule has 2 fully saturated rings. The summed E-state index contributed by atoms with van der Waals surface area (Å²) in [5.74, 6) is 0.294. The van der Waals surface area contributed by atoms with E-state index in [0.29, 0.717) is 12.0 Å². The zero-order valence-corrected chi connectivity index (χ0v) is 12.1. The van der Waals surface area contributed by atoms with E-state index < -0.39 is 0 Å². The summed E-state index contributed by atoms with van der Waals surface area (Å²) < 4.78 is 14.5. The van der Waals surface area contributed by atoms with Crippen molar-refractivity contribution in [1.29, 1.82) is 0 Å². The predicted molar refractivity (Wildman–Crippen MR) is 77.1 cm³/mol. The molecule has 1 aromatic carbocycles. The first-order chi connectivity index (χ1) is 9.13. The van der Waals surface area contributed by atoms with Gasteiger partial charge in [-0.25, -0.2) is 4.39 Å². The molecule has 0 aliphatic heterocycles. The minimum atomic E-state index is -0.212. The van der Waals surface area contributed by atoms with Crippen LogP contribution in [0, 0.1) is 11.7 Å². The van der Waals surface area contributed by atoms with Crippen molar-refractivity contribution in [3.63, 3.8) is 0 Å². The van der Waals surface area contributed by atoms with Crippen molar-refractivity contribution in [2.45, 2.75) is 50.5 Å². The van der Waals surface area contributed by atoms with Crippen molar-refractivity contribution in [2.75, 3.05) is 6.54 Å². The highest BCUT2D eigenvalue weighted by Crippen LogP contribution is 2.47.